The van der Waals surface area contributed by atoms with E-state index in [2.05, 4.69) is 31.9 Å². The van der Waals surface area contributed by atoms with Crippen molar-refractivity contribution in [3.8, 4) is 0 Å². The summed E-state index contributed by atoms with van der Waals surface area (Å²) in [6, 6.07) is 5.58. The van der Waals surface area contributed by atoms with E-state index in [-0.39, 0.29) is 4.83 Å². The van der Waals surface area contributed by atoms with Crippen LogP contribution in [0.1, 0.15) is 20.1 Å². The molecule has 1 aromatic heterocycles. The first-order chi connectivity index (χ1) is 7.99. The minimum Gasteiger partial charge on any atom is -0.207 e. The molecule has 1 unspecified atom stereocenters. The Morgan fingerprint density at radius 2 is 1.94 bits per heavy atom. The van der Waals surface area contributed by atoms with Crippen LogP contribution < -0.4 is 0 Å². The molecule has 90 valence electrons. The number of alkyl halides is 1. The monoisotopic (exact) mass is 380 g/mol. The van der Waals surface area contributed by atoms with E-state index in [0.29, 0.717) is 5.56 Å². The Morgan fingerprint density at radius 1 is 1.24 bits per heavy atom. The van der Waals surface area contributed by atoms with Gasteiger partial charge in [0.1, 0.15) is 11.6 Å². The van der Waals surface area contributed by atoms with Crippen molar-refractivity contribution in [2.24, 2.45) is 0 Å². The second kappa shape index (κ2) is 5.16. The lowest BCUT2D eigenvalue weighted by Crippen LogP contribution is -1.95. The smallest absolute Gasteiger partial charge is 0.130 e. The van der Waals surface area contributed by atoms with Gasteiger partial charge in [-0.1, -0.05) is 22.0 Å². The molecule has 0 fully saturated rings. The second-order valence-corrected chi connectivity index (χ2v) is 6.64. The molecule has 17 heavy (non-hydrogen) atoms. The molecule has 0 aliphatic rings. The van der Waals surface area contributed by atoms with Gasteiger partial charge in [0.15, 0.2) is 0 Å². The largest absolute Gasteiger partial charge is 0.207 e. The summed E-state index contributed by atoms with van der Waals surface area (Å²) < 4.78 is 27.4. The molecule has 0 aliphatic heterocycles. The van der Waals surface area contributed by atoms with Crippen molar-refractivity contribution in [1.82, 2.24) is 0 Å². The summed E-state index contributed by atoms with van der Waals surface area (Å²) in [6.45, 7) is 1.99. The van der Waals surface area contributed by atoms with Gasteiger partial charge >= 0.3 is 0 Å². The predicted octanol–water partition coefficient (Wildman–Crippen LogP) is 5.58. The van der Waals surface area contributed by atoms with E-state index in [4.69, 9.17) is 0 Å². The number of thiophene rings is 1. The summed E-state index contributed by atoms with van der Waals surface area (Å²) in [5.74, 6) is -1.09. The summed E-state index contributed by atoms with van der Waals surface area (Å²) in [6.07, 6.45) is 0. The van der Waals surface area contributed by atoms with Gasteiger partial charge < -0.3 is 0 Å². The molecule has 1 atom stereocenters. The van der Waals surface area contributed by atoms with Crippen molar-refractivity contribution in [3.63, 3.8) is 0 Å². The van der Waals surface area contributed by atoms with E-state index in [1.807, 2.05) is 13.0 Å². The molecular formula is C12H8Br2F2S. The van der Waals surface area contributed by atoms with Gasteiger partial charge in [0.2, 0.25) is 0 Å². The van der Waals surface area contributed by atoms with Crippen molar-refractivity contribution in [1.29, 1.82) is 0 Å². The highest BCUT2D eigenvalue weighted by atomic mass is 79.9. The van der Waals surface area contributed by atoms with Gasteiger partial charge in [0.25, 0.3) is 0 Å². The fourth-order valence-electron chi connectivity index (χ4n) is 1.47. The first-order valence-corrected chi connectivity index (χ1v) is 7.36. The molecule has 0 spiro atoms. The van der Waals surface area contributed by atoms with Crippen LogP contribution in [0.3, 0.4) is 0 Å². The minimum absolute atomic E-state index is 0.252. The zero-order valence-electron chi connectivity index (χ0n) is 8.81. The van der Waals surface area contributed by atoms with E-state index < -0.39 is 11.6 Å². The van der Waals surface area contributed by atoms with Crippen LogP contribution in [0.25, 0.3) is 0 Å². The Hall–Kier alpha value is -0.260. The highest BCUT2D eigenvalue weighted by molar-refractivity contribution is 9.10. The summed E-state index contributed by atoms with van der Waals surface area (Å²) in [5.41, 5.74) is 0.445. The maximum atomic E-state index is 13.6. The van der Waals surface area contributed by atoms with Gasteiger partial charge in [0.05, 0.1) is 4.83 Å². The quantitative estimate of drug-likeness (QED) is 0.595. The number of rotatable bonds is 2. The molecule has 2 aromatic rings. The van der Waals surface area contributed by atoms with Gasteiger partial charge in [-0.15, -0.1) is 11.3 Å². The van der Waals surface area contributed by atoms with Gasteiger partial charge in [-0.05, 0) is 35.0 Å². The first kappa shape index (κ1) is 13.2. The maximum Gasteiger partial charge on any atom is 0.130 e. The second-order valence-electron chi connectivity index (χ2n) is 3.58. The minimum atomic E-state index is -0.561. The van der Waals surface area contributed by atoms with Crippen molar-refractivity contribution >= 4 is 43.2 Å². The van der Waals surface area contributed by atoms with Gasteiger partial charge in [-0.3, -0.25) is 0 Å². The number of halogens is 4. The molecule has 0 bridgehead atoms. The fraction of sp³-hybridized carbons (Fsp3) is 0.167. The predicted molar refractivity (Wildman–Crippen MR) is 73.9 cm³/mol. The Bertz CT molecular complexity index is 532. The van der Waals surface area contributed by atoms with Crippen LogP contribution in [0, 0.1) is 18.6 Å². The SMILES string of the molecule is Cc1sc(C(Br)c2ccc(F)cc2F)cc1Br. The van der Waals surface area contributed by atoms with Crippen LogP contribution in [0.5, 0.6) is 0 Å². The molecule has 0 amide bonds. The fourth-order valence-corrected chi connectivity index (χ4v) is 3.81. The zero-order chi connectivity index (χ0) is 12.6. The van der Waals surface area contributed by atoms with Gasteiger partial charge in [-0.25, -0.2) is 8.78 Å². The summed E-state index contributed by atoms with van der Waals surface area (Å²) >= 11 is 8.44. The third-order valence-corrected chi connectivity index (χ3v) is 5.85. The molecule has 1 heterocycles. The zero-order valence-corrected chi connectivity index (χ0v) is 12.8. The van der Waals surface area contributed by atoms with E-state index in [0.717, 1.165) is 20.3 Å². The molecule has 5 heteroatoms. The highest BCUT2D eigenvalue weighted by Gasteiger charge is 2.18. The van der Waals surface area contributed by atoms with E-state index in [9.17, 15) is 8.78 Å². The summed E-state index contributed by atoms with van der Waals surface area (Å²) in [5, 5.41) is 0. The summed E-state index contributed by atoms with van der Waals surface area (Å²) in [7, 11) is 0. The topological polar surface area (TPSA) is 0 Å². The van der Waals surface area contributed by atoms with E-state index in [1.54, 1.807) is 11.3 Å². The molecule has 0 aliphatic carbocycles. The van der Waals surface area contributed by atoms with Crippen molar-refractivity contribution in [2.45, 2.75) is 11.8 Å². The van der Waals surface area contributed by atoms with E-state index in [1.165, 1.54) is 12.1 Å². The Morgan fingerprint density at radius 3 is 2.47 bits per heavy atom. The molecule has 0 radical (unpaired) electrons. The molecule has 2 rings (SSSR count). The van der Waals surface area contributed by atoms with Crippen LogP contribution in [0.15, 0.2) is 28.7 Å². The van der Waals surface area contributed by atoms with Gasteiger partial charge in [-0.2, -0.15) is 0 Å². The molecule has 0 N–H and O–H groups in total. The van der Waals surface area contributed by atoms with Gasteiger partial charge in [0, 0.05) is 25.9 Å². The van der Waals surface area contributed by atoms with Crippen LogP contribution in [-0.4, -0.2) is 0 Å². The average Bonchev–Trinajstić information content (AvgIpc) is 2.58. The van der Waals surface area contributed by atoms with Crippen LogP contribution in [0.2, 0.25) is 0 Å². The highest BCUT2D eigenvalue weighted by Crippen LogP contribution is 2.39. The molecule has 0 saturated carbocycles. The maximum absolute atomic E-state index is 13.6. The Balaban J connectivity index is 2.39. The lowest BCUT2D eigenvalue weighted by molar-refractivity contribution is 0.574. The number of benzene rings is 1. The molecular weight excluding hydrogens is 374 g/mol. The van der Waals surface area contributed by atoms with Crippen LogP contribution in [-0.2, 0) is 0 Å². The third-order valence-electron chi connectivity index (χ3n) is 2.36. The van der Waals surface area contributed by atoms with Crippen LogP contribution >= 0.6 is 43.2 Å². The lowest BCUT2D eigenvalue weighted by Gasteiger charge is -2.09. The normalized spacial score (nSPS) is 12.8. The van der Waals surface area contributed by atoms with Crippen LogP contribution in [0.4, 0.5) is 8.78 Å². The van der Waals surface area contributed by atoms with Crippen molar-refractivity contribution in [2.75, 3.05) is 0 Å². The first-order valence-electron chi connectivity index (χ1n) is 4.84. The Kier molecular flexibility index (Phi) is 4.00. The molecule has 1 aromatic carbocycles. The average molecular weight is 382 g/mol. The number of hydrogen-bond donors (Lipinski definition) is 0. The Labute approximate surface area is 119 Å². The molecule has 0 nitrogen and oxygen atoms in total. The third kappa shape index (κ3) is 2.77. The van der Waals surface area contributed by atoms with E-state index >= 15 is 0 Å². The lowest BCUT2D eigenvalue weighted by atomic mass is 10.1. The standard InChI is InChI=1S/C12H8Br2F2S/c1-6-9(13)5-11(17-6)12(14)8-3-2-7(15)4-10(8)16/h2-5,12H,1H3. The number of aryl methyl sites for hydroxylation is 1. The molecule has 0 saturated heterocycles. The number of hydrogen-bond acceptors (Lipinski definition) is 1. The van der Waals surface area contributed by atoms with Crippen molar-refractivity contribution in [3.05, 3.63) is 55.7 Å². The summed E-state index contributed by atoms with van der Waals surface area (Å²) in [4.78, 5) is 1.87. The van der Waals surface area contributed by atoms with Crippen molar-refractivity contribution < 1.29 is 8.78 Å².